The Hall–Kier alpha value is -2.28. The summed E-state index contributed by atoms with van der Waals surface area (Å²) in [5.74, 6) is -2.74. The van der Waals surface area contributed by atoms with Crippen molar-refractivity contribution in [2.24, 2.45) is 5.92 Å². The van der Waals surface area contributed by atoms with Crippen molar-refractivity contribution in [3.8, 4) is 0 Å². The van der Waals surface area contributed by atoms with E-state index in [1.807, 2.05) is 30.5 Å². The zero-order valence-corrected chi connectivity index (χ0v) is 19.1. The third kappa shape index (κ3) is 8.77. The van der Waals surface area contributed by atoms with Crippen LogP contribution in [0.25, 0.3) is 0 Å². The molecule has 0 bridgehead atoms. The zero-order chi connectivity index (χ0) is 22.7. The van der Waals surface area contributed by atoms with Gasteiger partial charge in [-0.3, -0.25) is 9.36 Å². The number of carboxylic acids is 1. The number of carboxylic acid groups (broad SMARTS) is 1. The van der Waals surface area contributed by atoms with Crippen LogP contribution in [0.3, 0.4) is 0 Å². The van der Waals surface area contributed by atoms with E-state index in [0.717, 1.165) is 11.1 Å². The highest BCUT2D eigenvalue weighted by atomic mass is 32.2. The van der Waals surface area contributed by atoms with E-state index < -0.39 is 37.3 Å². The molecule has 0 heterocycles. The van der Waals surface area contributed by atoms with Crippen LogP contribution in [0.15, 0.2) is 60.7 Å². The van der Waals surface area contributed by atoms with Gasteiger partial charge in [-0.05, 0) is 36.0 Å². The predicted molar refractivity (Wildman–Crippen MR) is 123 cm³/mol. The van der Waals surface area contributed by atoms with Crippen LogP contribution in [-0.4, -0.2) is 46.0 Å². The fourth-order valence-corrected chi connectivity index (χ4v) is 5.73. The third-order valence-corrected chi connectivity index (χ3v) is 7.71. The molecule has 7 nitrogen and oxygen atoms in total. The highest BCUT2D eigenvalue weighted by molar-refractivity contribution is 7.98. The van der Waals surface area contributed by atoms with Crippen molar-refractivity contribution in [3.05, 3.63) is 71.8 Å². The number of aliphatic carboxylic acids is 1. The van der Waals surface area contributed by atoms with Crippen molar-refractivity contribution < 1.29 is 28.9 Å². The lowest BCUT2D eigenvalue weighted by Crippen LogP contribution is -2.37. The Kier molecular flexibility index (Phi) is 10.1. The Morgan fingerprint density at radius 2 is 1.65 bits per heavy atom. The number of hydrogen-bond donors (Lipinski definition) is 3. The first-order chi connectivity index (χ1) is 14.8. The van der Waals surface area contributed by atoms with Crippen LogP contribution in [0, 0.1) is 5.92 Å². The Morgan fingerprint density at radius 3 is 2.19 bits per heavy atom. The van der Waals surface area contributed by atoms with Gasteiger partial charge >= 0.3 is 12.1 Å². The highest BCUT2D eigenvalue weighted by Gasteiger charge is 2.37. The SMILES string of the molecule is CSCCC(NC(=O)OCc1ccccc1)P(=O)(O)CC(Cc1ccccc1)C(=O)O. The minimum atomic E-state index is -4.03. The van der Waals surface area contributed by atoms with Crippen LogP contribution < -0.4 is 5.32 Å². The van der Waals surface area contributed by atoms with Crippen molar-refractivity contribution in [3.63, 3.8) is 0 Å². The van der Waals surface area contributed by atoms with Gasteiger partial charge in [-0.1, -0.05) is 60.7 Å². The van der Waals surface area contributed by atoms with Crippen molar-refractivity contribution >= 4 is 31.2 Å². The topological polar surface area (TPSA) is 113 Å². The number of hydrogen-bond acceptors (Lipinski definition) is 5. The molecule has 2 aromatic rings. The van der Waals surface area contributed by atoms with E-state index in [0.29, 0.717) is 5.75 Å². The third-order valence-electron chi connectivity index (χ3n) is 4.74. The summed E-state index contributed by atoms with van der Waals surface area (Å²) in [6.45, 7) is 0.0312. The van der Waals surface area contributed by atoms with Gasteiger partial charge in [-0.2, -0.15) is 11.8 Å². The normalized spacial score (nSPS) is 14.8. The summed E-state index contributed by atoms with van der Waals surface area (Å²) < 4.78 is 18.3. The fourth-order valence-electron chi connectivity index (χ4n) is 3.08. The molecule has 0 saturated carbocycles. The fraction of sp³-hybridized carbons (Fsp3) is 0.364. The van der Waals surface area contributed by atoms with Gasteiger partial charge in [0.15, 0.2) is 0 Å². The van der Waals surface area contributed by atoms with Gasteiger partial charge in [0, 0.05) is 6.16 Å². The van der Waals surface area contributed by atoms with Crippen LogP contribution in [0.4, 0.5) is 4.79 Å². The molecule has 0 fully saturated rings. The van der Waals surface area contributed by atoms with Crippen LogP contribution in [0.1, 0.15) is 17.5 Å². The molecule has 3 atom stereocenters. The Bertz CT molecular complexity index is 880. The van der Waals surface area contributed by atoms with Crippen LogP contribution in [-0.2, 0) is 27.1 Å². The first kappa shape index (κ1) is 25.0. The van der Waals surface area contributed by atoms with Gasteiger partial charge in [0.1, 0.15) is 12.4 Å². The second kappa shape index (κ2) is 12.5. The zero-order valence-electron chi connectivity index (χ0n) is 17.3. The molecular weight excluding hydrogens is 437 g/mol. The molecule has 0 aliphatic carbocycles. The number of benzene rings is 2. The summed E-state index contributed by atoms with van der Waals surface area (Å²) in [6.07, 6.45) is 0.971. The summed E-state index contributed by atoms with van der Waals surface area (Å²) in [6, 6.07) is 18.0. The molecule has 31 heavy (non-hydrogen) atoms. The molecule has 9 heteroatoms. The molecule has 0 aromatic heterocycles. The molecule has 1 amide bonds. The molecule has 0 radical (unpaired) electrons. The highest BCUT2D eigenvalue weighted by Crippen LogP contribution is 2.49. The molecule has 2 aromatic carbocycles. The average molecular weight is 466 g/mol. The van der Waals surface area contributed by atoms with Crippen molar-refractivity contribution in [2.45, 2.75) is 25.2 Å². The van der Waals surface area contributed by atoms with Gasteiger partial charge < -0.3 is 20.1 Å². The lowest BCUT2D eigenvalue weighted by molar-refractivity contribution is -0.141. The number of nitrogens with one attached hydrogen (secondary N) is 1. The quantitative estimate of drug-likeness (QED) is 0.403. The molecule has 3 unspecified atom stereocenters. The lowest BCUT2D eigenvalue weighted by Gasteiger charge is -2.26. The second-order valence-corrected chi connectivity index (χ2v) is 10.7. The van der Waals surface area contributed by atoms with E-state index >= 15 is 0 Å². The summed E-state index contributed by atoms with van der Waals surface area (Å²) in [5, 5.41) is 12.1. The average Bonchev–Trinajstić information content (AvgIpc) is 2.76. The van der Waals surface area contributed by atoms with E-state index in [1.54, 1.807) is 36.4 Å². The van der Waals surface area contributed by atoms with E-state index in [9.17, 15) is 24.2 Å². The largest absolute Gasteiger partial charge is 0.481 e. The lowest BCUT2D eigenvalue weighted by atomic mass is 10.0. The van der Waals surface area contributed by atoms with Crippen LogP contribution in [0.2, 0.25) is 0 Å². The number of alkyl carbamates (subject to hydrolysis) is 1. The molecule has 0 aliphatic rings. The predicted octanol–water partition coefficient (Wildman–Crippen LogP) is 4.21. The van der Waals surface area contributed by atoms with E-state index in [4.69, 9.17) is 4.74 Å². The van der Waals surface area contributed by atoms with E-state index in [-0.39, 0.29) is 19.4 Å². The minimum Gasteiger partial charge on any atom is -0.481 e. The summed E-state index contributed by atoms with van der Waals surface area (Å²) in [7, 11) is -4.03. The number of amides is 1. The summed E-state index contributed by atoms with van der Waals surface area (Å²) in [5.41, 5.74) is 1.56. The van der Waals surface area contributed by atoms with Crippen molar-refractivity contribution in [1.82, 2.24) is 5.32 Å². The molecule has 168 valence electrons. The monoisotopic (exact) mass is 465 g/mol. The Balaban J connectivity index is 2.05. The molecule has 2 rings (SSSR count). The smallest absolute Gasteiger partial charge is 0.408 e. The maximum Gasteiger partial charge on any atom is 0.408 e. The summed E-state index contributed by atoms with van der Waals surface area (Å²) in [4.78, 5) is 34.8. The standard InChI is InChI=1S/C22H28NO6PS/c1-31-13-12-20(23-22(26)29-15-18-10-6-3-7-11-18)30(27,28)16-19(21(24)25)14-17-8-4-2-5-9-17/h2-11,19-20H,12-16H2,1H3,(H,23,26)(H,24,25)(H,27,28). The number of carbonyl (C=O) groups is 2. The molecule has 0 spiro atoms. The first-order valence-electron chi connectivity index (χ1n) is 9.86. The number of carbonyl (C=O) groups excluding carboxylic acids is 1. The number of ether oxygens (including phenoxy) is 1. The Labute approximate surface area is 186 Å². The summed E-state index contributed by atoms with van der Waals surface area (Å²) >= 11 is 1.47. The van der Waals surface area contributed by atoms with Gasteiger partial charge in [0.05, 0.1) is 5.92 Å². The van der Waals surface area contributed by atoms with Crippen molar-refractivity contribution in [1.29, 1.82) is 0 Å². The maximum absolute atomic E-state index is 13.1. The second-order valence-electron chi connectivity index (χ2n) is 7.17. The van der Waals surface area contributed by atoms with E-state index in [1.165, 1.54) is 11.8 Å². The van der Waals surface area contributed by atoms with Crippen LogP contribution in [0.5, 0.6) is 0 Å². The van der Waals surface area contributed by atoms with Gasteiger partial charge in [-0.15, -0.1) is 0 Å². The molecule has 0 saturated heterocycles. The Morgan fingerprint density at radius 1 is 1.06 bits per heavy atom. The number of rotatable bonds is 12. The molecule has 0 aliphatic heterocycles. The van der Waals surface area contributed by atoms with E-state index in [2.05, 4.69) is 5.32 Å². The van der Waals surface area contributed by atoms with Crippen molar-refractivity contribution in [2.75, 3.05) is 18.2 Å². The molecular formula is C22H28NO6PS. The maximum atomic E-state index is 13.1. The van der Waals surface area contributed by atoms with Gasteiger partial charge in [-0.25, -0.2) is 4.79 Å². The molecule has 3 N–H and O–H groups in total. The van der Waals surface area contributed by atoms with Crippen LogP contribution >= 0.6 is 19.1 Å². The minimum absolute atomic E-state index is 0.0312. The first-order valence-corrected chi connectivity index (χ1v) is 13.2. The van der Waals surface area contributed by atoms with Gasteiger partial charge in [0.2, 0.25) is 7.37 Å². The number of thioether (sulfide) groups is 1. The van der Waals surface area contributed by atoms with Gasteiger partial charge in [0.25, 0.3) is 0 Å².